The lowest BCUT2D eigenvalue weighted by Gasteiger charge is -2.43. The van der Waals surface area contributed by atoms with Crippen LogP contribution in [0.15, 0.2) is 0 Å². The predicted octanol–water partition coefficient (Wildman–Crippen LogP) is 6.09. The molecule has 0 aromatic heterocycles. The number of alkyl halides is 19. The SMILES string of the molecule is O=P(O)(O)OC(F)(F)CC(F)(F)C(F)(F)C(F)(F)C(F)(F)C(F)(F)C(F)(F)C(F)(F)C(F)(F)F. The number of hydrogen-bond donors (Lipinski definition) is 2. The molecule has 0 spiro atoms. The van der Waals surface area contributed by atoms with Crippen molar-refractivity contribution in [1.29, 1.82) is 0 Å². The lowest BCUT2D eigenvalue weighted by Crippen LogP contribution is -2.74. The molecule has 0 saturated heterocycles. The molecule has 0 fully saturated rings. The van der Waals surface area contributed by atoms with E-state index in [0.717, 1.165) is 0 Å². The van der Waals surface area contributed by atoms with E-state index in [9.17, 15) is 88.0 Å². The number of phosphoric ester groups is 1. The summed E-state index contributed by atoms with van der Waals surface area (Å²) < 4.78 is 257. The minimum absolute atomic E-state index is 2.15. The van der Waals surface area contributed by atoms with Gasteiger partial charge in [0, 0.05) is 0 Å². The maximum Gasteiger partial charge on any atom is 0.474 e. The van der Waals surface area contributed by atoms with E-state index in [1.165, 1.54) is 0 Å². The molecule has 0 rings (SSSR count). The fraction of sp³-hybridized carbons (Fsp3) is 1.00. The summed E-state index contributed by atoms with van der Waals surface area (Å²) in [7, 11) is -6.66. The van der Waals surface area contributed by atoms with Gasteiger partial charge in [-0.05, 0) is 0 Å². The normalized spacial score (nSPS) is 16.7. The molecule has 0 heterocycles. The molecule has 2 N–H and O–H groups in total. The molecule has 0 bridgehead atoms. The smallest absolute Gasteiger partial charge is 0.303 e. The first-order valence-corrected chi connectivity index (χ1v) is 8.55. The zero-order valence-corrected chi connectivity index (χ0v) is 15.4. The third-order valence-corrected chi connectivity index (χ3v) is 3.97. The summed E-state index contributed by atoms with van der Waals surface area (Å²) in [5.74, 6) is -59.9. The lowest BCUT2D eigenvalue weighted by molar-refractivity contribution is -0.463. The average molecular weight is 580 g/mol. The number of rotatable bonds is 10. The average Bonchev–Trinajstić information content (AvgIpc) is 2.48. The molecule has 0 unspecified atom stereocenters. The molecule has 0 aliphatic heterocycles. The van der Waals surface area contributed by atoms with E-state index >= 15 is 0 Å². The Labute approximate surface area is 171 Å². The minimum Gasteiger partial charge on any atom is -0.303 e. The summed E-state index contributed by atoms with van der Waals surface area (Å²) in [5.41, 5.74) is 0. The highest BCUT2D eigenvalue weighted by Gasteiger charge is 2.95. The largest absolute Gasteiger partial charge is 0.474 e. The second kappa shape index (κ2) is 8.15. The van der Waals surface area contributed by atoms with Crippen molar-refractivity contribution in [3.8, 4) is 0 Å². The second-order valence-corrected chi connectivity index (χ2v) is 7.21. The summed E-state index contributed by atoms with van der Waals surface area (Å²) in [6.07, 6.45) is -18.8. The van der Waals surface area contributed by atoms with Crippen LogP contribution in [0.3, 0.4) is 0 Å². The highest BCUT2D eigenvalue weighted by atomic mass is 31.2. The molecule has 24 heteroatoms. The first-order chi connectivity index (χ1) is 14.2. The van der Waals surface area contributed by atoms with E-state index in [-0.39, 0.29) is 0 Å². The molecular formula is C10H4F19O4P. The summed E-state index contributed by atoms with van der Waals surface area (Å²) in [4.78, 5) is 15.9. The Hall–Kier alpha value is -1.22. The van der Waals surface area contributed by atoms with Crippen LogP contribution in [0.25, 0.3) is 0 Å². The molecule has 0 amide bonds. The monoisotopic (exact) mass is 580 g/mol. The Morgan fingerprint density at radius 2 is 0.765 bits per heavy atom. The maximum atomic E-state index is 13.3. The van der Waals surface area contributed by atoms with Gasteiger partial charge in [0.1, 0.15) is 6.42 Å². The van der Waals surface area contributed by atoms with Gasteiger partial charge in [0.25, 0.3) is 0 Å². The Kier molecular flexibility index (Phi) is 7.86. The molecule has 0 radical (unpaired) electrons. The topological polar surface area (TPSA) is 66.8 Å². The van der Waals surface area contributed by atoms with Crippen LogP contribution in [0.1, 0.15) is 6.42 Å². The molecule has 4 nitrogen and oxygen atoms in total. The summed E-state index contributed by atoms with van der Waals surface area (Å²) in [5, 5.41) is 0. The first kappa shape index (κ1) is 32.8. The van der Waals surface area contributed by atoms with Gasteiger partial charge in [-0.15, -0.1) is 0 Å². The molecule has 0 saturated carbocycles. The van der Waals surface area contributed by atoms with Crippen LogP contribution in [0.5, 0.6) is 0 Å². The van der Waals surface area contributed by atoms with Gasteiger partial charge in [-0.2, -0.15) is 83.4 Å². The molecule has 0 aromatic carbocycles. The Morgan fingerprint density at radius 1 is 0.500 bits per heavy atom. The van der Waals surface area contributed by atoms with Crippen molar-refractivity contribution in [3.63, 3.8) is 0 Å². The van der Waals surface area contributed by atoms with E-state index in [1.54, 1.807) is 0 Å². The maximum absolute atomic E-state index is 13.3. The minimum atomic E-state index is -8.97. The summed E-state index contributed by atoms with van der Waals surface area (Å²) in [6, 6.07) is 0. The fourth-order valence-electron chi connectivity index (χ4n) is 1.77. The van der Waals surface area contributed by atoms with Gasteiger partial charge in [0.2, 0.25) is 0 Å². The summed E-state index contributed by atoms with van der Waals surface area (Å²) >= 11 is 0. The van der Waals surface area contributed by atoms with Crippen molar-refractivity contribution in [3.05, 3.63) is 0 Å². The zero-order chi connectivity index (χ0) is 28.4. The summed E-state index contributed by atoms with van der Waals surface area (Å²) in [6.45, 7) is 0. The molecule has 0 atom stereocenters. The number of halogens is 19. The lowest BCUT2D eigenvalue weighted by atomic mass is 9.88. The van der Waals surface area contributed by atoms with Crippen molar-refractivity contribution < 1.29 is 102 Å². The van der Waals surface area contributed by atoms with E-state index < -0.39 is 68.0 Å². The quantitative estimate of drug-likeness (QED) is 0.243. The van der Waals surface area contributed by atoms with E-state index in [4.69, 9.17) is 9.79 Å². The van der Waals surface area contributed by atoms with Gasteiger partial charge in [-0.25, -0.2) is 9.09 Å². The third kappa shape index (κ3) is 5.01. The second-order valence-electron chi connectivity index (χ2n) is 6.04. The number of hydrogen-bond acceptors (Lipinski definition) is 2. The van der Waals surface area contributed by atoms with E-state index in [2.05, 4.69) is 4.52 Å². The van der Waals surface area contributed by atoms with Crippen molar-refractivity contribution in [2.75, 3.05) is 0 Å². The van der Waals surface area contributed by atoms with E-state index in [1.807, 2.05) is 0 Å². The van der Waals surface area contributed by atoms with Crippen molar-refractivity contribution >= 4 is 7.82 Å². The highest BCUT2D eigenvalue weighted by molar-refractivity contribution is 7.46. The van der Waals surface area contributed by atoms with Gasteiger partial charge in [0.15, 0.2) is 0 Å². The molecule has 0 aromatic rings. The molecule has 0 aliphatic carbocycles. The fourth-order valence-corrected chi connectivity index (χ4v) is 2.18. The number of phosphoric acid groups is 1. The Morgan fingerprint density at radius 3 is 1.03 bits per heavy atom. The van der Waals surface area contributed by atoms with Crippen molar-refractivity contribution in [2.24, 2.45) is 0 Å². The highest BCUT2D eigenvalue weighted by Crippen LogP contribution is 2.64. The van der Waals surface area contributed by atoms with Crippen LogP contribution in [0.4, 0.5) is 83.4 Å². The van der Waals surface area contributed by atoms with Gasteiger partial charge >= 0.3 is 61.6 Å². The molecule has 0 aliphatic rings. The van der Waals surface area contributed by atoms with Crippen LogP contribution in [-0.4, -0.2) is 63.5 Å². The van der Waals surface area contributed by atoms with Gasteiger partial charge in [-0.3, -0.25) is 0 Å². The van der Waals surface area contributed by atoms with Crippen LogP contribution in [0, 0.1) is 0 Å². The van der Waals surface area contributed by atoms with Gasteiger partial charge < -0.3 is 9.79 Å². The van der Waals surface area contributed by atoms with Gasteiger partial charge in [0.05, 0.1) is 0 Å². The standard InChI is InChI=1S/C10H4F19O4P/c11-2(12,1-3(13,14)33-34(30,31)32)4(15,16)5(17,18)6(19,20)7(21,22)8(23,24)9(25,26)10(27,28)29/h1H2,(H2,30,31,32). The van der Waals surface area contributed by atoms with E-state index in [0.29, 0.717) is 0 Å². The van der Waals surface area contributed by atoms with Crippen LogP contribution < -0.4 is 0 Å². The first-order valence-electron chi connectivity index (χ1n) is 7.02. The Balaban J connectivity index is 6.69. The van der Waals surface area contributed by atoms with Crippen LogP contribution in [0.2, 0.25) is 0 Å². The predicted molar refractivity (Wildman–Crippen MR) is 63.4 cm³/mol. The van der Waals surface area contributed by atoms with Crippen molar-refractivity contribution in [2.45, 2.75) is 60.2 Å². The zero-order valence-electron chi connectivity index (χ0n) is 14.5. The van der Waals surface area contributed by atoms with Gasteiger partial charge in [-0.1, -0.05) is 0 Å². The Bertz CT molecular complexity index is 795. The molecule has 34 heavy (non-hydrogen) atoms. The van der Waals surface area contributed by atoms with Crippen LogP contribution in [-0.2, 0) is 9.09 Å². The van der Waals surface area contributed by atoms with Crippen molar-refractivity contribution in [1.82, 2.24) is 0 Å². The molecule has 206 valence electrons. The third-order valence-electron chi connectivity index (χ3n) is 3.47. The van der Waals surface area contributed by atoms with Crippen LogP contribution >= 0.6 is 7.82 Å². The molecular weight excluding hydrogens is 576 g/mol.